The van der Waals surface area contributed by atoms with Crippen molar-refractivity contribution in [1.82, 2.24) is 25.1 Å². The van der Waals surface area contributed by atoms with Gasteiger partial charge in [-0.25, -0.2) is 4.98 Å². The van der Waals surface area contributed by atoms with E-state index in [9.17, 15) is 9.59 Å². The van der Waals surface area contributed by atoms with Crippen molar-refractivity contribution < 1.29 is 4.79 Å². The van der Waals surface area contributed by atoms with Crippen LogP contribution in [0.15, 0.2) is 35.4 Å². The molecule has 1 aromatic heterocycles. The molecule has 2 aromatic rings. The highest BCUT2D eigenvalue weighted by molar-refractivity contribution is 5.77. The zero-order chi connectivity index (χ0) is 16.8. The third-order valence-electron chi connectivity index (χ3n) is 4.27. The smallest absolute Gasteiger partial charge is 0.261 e. The van der Waals surface area contributed by atoms with Gasteiger partial charge in [-0.3, -0.25) is 19.1 Å². The molecule has 1 saturated heterocycles. The summed E-state index contributed by atoms with van der Waals surface area (Å²) >= 11 is 0. The van der Waals surface area contributed by atoms with E-state index in [1.165, 1.54) is 10.9 Å². The number of piperazine rings is 1. The van der Waals surface area contributed by atoms with Crippen molar-refractivity contribution in [1.29, 1.82) is 0 Å². The minimum Gasteiger partial charge on any atom is -0.355 e. The van der Waals surface area contributed by atoms with Gasteiger partial charge in [0, 0.05) is 52.2 Å². The third kappa shape index (κ3) is 4.18. The van der Waals surface area contributed by atoms with Crippen LogP contribution in [0.2, 0.25) is 0 Å². The molecular weight excluding hydrogens is 306 g/mol. The molecule has 0 saturated carbocycles. The average molecular weight is 329 g/mol. The molecule has 0 aliphatic carbocycles. The maximum atomic E-state index is 12.3. The first-order chi connectivity index (χ1) is 11.7. The Morgan fingerprint density at radius 3 is 2.83 bits per heavy atom. The minimum atomic E-state index is -0.103. The van der Waals surface area contributed by atoms with Crippen molar-refractivity contribution in [3.63, 3.8) is 0 Å². The highest BCUT2D eigenvalue weighted by Crippen LogP contribution is 2.04. The number of carbonyl (C=O) groups excluding carboxylic acids is 1. The number of hydrogen-bond donors (Lipinski definition) is 2. The number of nitrogens with zero attached hydrogens (tertiary/aromatic N) is 3. The van der Waals surface area contributed by atoms with Gasteiger partial charge in [0.1, 0.15) is 0 Å². The van der Waals surface area contributed by atoms with Gasteiger partial charge in [0.05, 0.1) is 17.2 Å². The van der Waals surface area contributed by atoms with Crippen LogP contribution in [0.3, 0.4) is 0 Å². The molecule has 0 radical (unpaired) electrons. The summed E-state index contributed by atoms with van der Waals surface area (Å²) < 4.78 is 1.50. The summed E-state index contributed by atoms with van der Waals surface area (Å²) in [6, 6.07) is 7.24. The first-order valence-corrected chi connectivity index (χ1v) is 8.38. The monoisotopic (exact) mass is 329 g/mol. The number of amides is 1. The second-order valence-corrected chi connectivity index (χ2v) is 5.95. The van der Waals surface area contributed by atoms with Crippen molar-refractivity contribution in [3.05, 3.63) is 40.9 Å². The number of rotatable bonds is 6. The fourth-order valence-corrected chi connectivity index (χ4v) is 2.86. The fourth-order valence-electron chi connectivity index (χ4n) is 2.86. The maximum absolute atomic E-state index is 12.3. The van der Waals surface area contributed by atoms with Crippen LogP contribution in [0.4, 0.5) is 0 Å². The lowest BCUT2D eigenvalue weighted by Crippen LogP contribution is -2.46. The maximum Gasteiger partial charge on any atom is 0.261 e. The molecule has 0 spiro atoms. The lowest BCUT2D eigenvalue weighted by molar-refractivity contribution is -0.121. The predicted octanol–water partition coefficient (Wildman–Crippen LogP) is -0.192. The van der Waals surface area contributed by atoms with Crippen LogP contribution in [-0.2, 0) is 11.3 Å². The number of nitrogens with one attached hydrogen (secondary N) is 2. The van der Waals surface area contributed by atoms with Crippen LogP contribution in [-0.4, -0.2) is 59.6 Å². The highest BCUT2D eigenvalue weighted by Gasteiger charge is 2.10. The molecule has 7 nitrogen and oxygen atoms in total. The fraction of sp³-hybridized carbons (Fsp3) is 0.471. The van der Waals surface area contributed by atoms with Crippen molar-refractivity contribution in [2.45, 2.75) is 13.0 Å². The number of fused-ring (bicyclic) bond motifs is 1. The molecule has 24 heavy (non-hydrogen) atoms. The number of benzene rings is 1. The first kappa shape index (κ1) is 16.6. The molecule has 3 rings (SSSR count). The van der Waals surface area contributed by atoms with Gasteiger partial charge in [0.25, 0.3) is 5.56 Å². The molecule has 0 unspecified atom stereocenters. The van der Waals surface area contributed by atoms with Crippen molar-refractivity contribution in [2.75, 3.05) is 39.3 Å². The van der Waals surface area contributed by atoms with E-state index in [1.54, 1.807) is 6.07 Å². The Morgan fingerprint density at radius 1 is 1.21 bits per heavy atom. The number of hydrogen-bond acceptors (Lipinski definition) is 5. The Morgan fingerprint density at radius 2 is 2.00 bits per heavy atom. The Kier molecular flexibility index (Phi) is 5.55. The van der Waals surface area contributed by atoms with E-state index in [1.807, 2.05) is 18.2 Å². The zero-order valence-corrected chi connectivity index (χ0v) is 13.7. The summed E-state index contributed by atoms with van der Waals surface area (Å²) in [5.41, 5.74) is 0.577. The van der Waals surface area contributed by atoms with Gasteiger partial charge in [-0.15, -0.1) is 0 Å². The van der Waals surface area contributed by atoms with Crippen molar-refractivity contribution in [3.8, 4) is 0 Å². The van der Waals surface area contributed by atoms with E-state index in [0.29, 0.717) is 24.0 Å². The van der Waals surface area contributed by atoms with Gasteiger partial charge < -0.3 is 10.6 Å². The zero-order valence-electron chi connectivity index (χ0n) is 13.7. The number of aromatic nitrogens is 2. The van der Waals surface area contributed by atoms with E-state index in [0.717, 1.165) is 32.7 Å². The van der Waals surface area contributed by atoms with E-state index in [2.05, 4.69) is 20.5 Å². The third-order valence-corrected chi connectivity index (χ3v) is 4.27. The molecule has 1 fully saturated rings. The summed E-state index contributed by atoms with van der Waals surface area (Å²) in [6.07, 6.45) is 1.79. The predicted molar refractivity (Wildman–Crippen MR) is 92.9 cm³/mol. The second-order valence-electron chi connectivity index (χ2n) is 5.95. The van der Waals surface area contributed by atoms with Crippen molar-refractivity contribution >= 4 is 16.8 Å². The SMILES string of the molecule is O=C(CCn1cnc2ccccc2c1=O)NCCN1CCNCC1. The van der Waals surface area contributed by atoms with Gasteiger partial charge in [-0.05, 0) is 12.1 Å². The van der Waals surface area contributed by atoms with Gasteiger partial charge in [-0.2, -0.15) is 0 Å². The van der Waals surface area contributed by atoms with Crippen LogP contribution in [0.1, 0.15) is 6.42 Å². The molecule has 2 heterocycles. The van der Waals surface area contributed by atoms with E-state index in [-0.39, 0.29) is 17.9 Å². The number of aryl methyl sites for hydroxylation is 1. The Hall–Kier alpha value is -2.25. The largest absolute Gasteiger partial charge is 0.355 e. The highest BCUT2D eigenvalue weighted by atomic mass is 16.1. The topological polar surface area (TPSA) is 79.3 Å². The lowest BCUT2D eigenvalue weighted by atomic mass is 10.2. The summed E-state index contributed by atoms with van der Waals surface area (Å²) in [5, 5.41) is 6.81. The molecule has 128 valence electrons. The van der Waals surface area contributed by atoms with Crippen molar-refractivity contribution in [2.24, 2.45) is 0 Å². The molecule has 1 amide bonds. The molecule has 1 aromatic carbocycles. The van der Waals surface area contributed by atoms with E-state index < -0.39 is 0 Å². The van der Waals surface area contributed by atoms with Crippen LogP contribution in [0.25, 0.3) is 10.9 Å². The van der Waals surface area contributed by atoms with Gasteiger partial charge in [0.15, 0.2) is 0 Å². The summed E-state index contributed by atoms with van der Waals surface area (Å²) in [6.45, 7) is 5.91. The van der Waals surface area contributed by atoms with Crippen LogP contribution >= 0.6 is 0 Å². The van der Waals surface area contributed by atoms with Crippen LogP contribution in [0, 0.1) is 0 Å². The molecule has 1 aliphatic rings. The summed E-state index contributed by atoms with van der Waals surface area (Å²) in [4.78, 5) is 30.9. The summed E-state index contributed by atoms with van der Waals surface area (Å²) in [5.74, 6) is -0.0369. The van der Waals surface area contributed by atoms with Gasteiger partial charge in [-0.1, -0.05) is 12.1 Å². The van der Waals surface area contributed by atoms with Crippen LogP contribution < -0.4 is 16.2 Å². The Bertz CT molecular complexity index is 752. The Balaban J connectivity index is 1.47. The lowest BCUT2D eigenvalue weighted by Gasteiger charge is -2.27. The molecule has 0 atom stereocenters. The van der Waals surface area contributed by atoms with Gasteiger partial charge in [0.2, 0.25) is 5.91 Å². The Labute approximate surface area is 140 Å². The van der Waals surface area contributed by atoms with E-state index in [4.69, 9.17) is 0 Å². The second kappa shape index (κ2) is 8.03. The quantitative estimate of drug-likeness (QED) is 0.768. The average Bonchev–Trinajstić information content (AvgIpc) is 2.62. The minimum absolute atomic E-state index is 0.0369. The standard InChI is InChI=1S/C17H23N5O2/c23-16(19-8-12-21-10-6-18-7-11-21)5-9-22-13-20-15-4-2-1-3-14(15)17(22)24/h1-4,13,18H,5-12H2,(H,19,23). The molecule has 0 bridgehead atoms. The molecular formula is C17H23N5O2. The molecule has 1 aliphatic heterocycles. The normalized spacial score (nSPS) is 15.5. The summed E-state index contributed by atoms with van der Waals surface area (Å²) in [7, 11) is 0. The number of carbonyl (C=O) groups is 1. The first-order valence-electron chi connectivity index (χ1n) is 8.38. The van der Waals surface area contributed by atoms with Crippen LogP contribution in [0.5, 0.6) is 0 Å². The number of para-hydroxylation sites is 1. The molecule has 7 heteroatoms. The van der Waals surface area contributed by atoms with Gasteiger partial charge >= 0.3 is 0 Å². The molecule has 2 N–H and O–H groups in total. The van der Waals surface area contributed by atoms with E-state index >= 15 is 0 Å².